The molecular formula is C20H24N2O4. The van der Waals surface area contributed by atoms with Gasteiger partial charge in [-0.25, -0.2) is 0 Å². The number of rotatable bonds is 7. The van der Waals surface area contributed by atoms with Crippen molar-refractivity contribution in [2.75, 3.05) is 6.61 Å². The number of hydrazine groups is 1. The fourth-order valence-corrected chi connectivity index (χ4v) is 2.21. The second kappa shape index (κ2) is 9.46. The minimum absolute atomic E-state index is 0.189. The summed E-state index contributed by atoms with van der Waals surface area (Å²) in [6.45, 7) is 6.08. The summed E-state index contributed by atoms with van der Waals surface area (Å²) >= 11 is 0. The van der Waals surface area contributed by atoms with Crippen molar-refractivity contribution in [3.63, 3.8) is 0 Å². The maximum absolute atomic E-state index is 12.0. The number of nitrogens with one attached hydrogen (secondary N) is 2. The zero-order valence-corrected chi connectivity index (χ0v) is 15.2. The summed E-state index contributed by atoms with van der Waals surface area (Å²) in [5.41, 5.74) is 6.78. The molecule has 0 aliphatic heterocycles. The summed E-state index contributed by atoms with van der Waals surface area (Å²) < 4.78 is 10.9. The van der Waals surface area contributed by atoms with Crippen LogP contribution in [0.15, 0.2) is 48.5 Å². The normalized spacial score (nSPS) is 11.3. The zero-order chi connectivity index (χ0) is 18.9. The third-order valence-corrected chi connectivity index (χ3v) is 3.63. The van der Waals surface area contributed by atoms with E-state index in [-0.39, 0.29) is 12.3 Å². The quantitative estimate of drug-likeness (QED) is 0.748. The Labute approximate surface area is 153 Å². The van der Waals surface area contributed by atoms with Gasteiger partial charge in [0.2, 0.25) is 5.91 Å². The van der Waals surface area contributed by atoms with Crippen molar-refractivity contribution in [3.05, 3.63) is 59.7 Å². The van der Waals surface area contributed by atoms with Crippen LogP contribution in [-0.2, 0) is 16.0 Å². The average molecular weight is 356 g/mol. The highest BCUT2D eigenvalue weighted by molar-refractivity contribution is 5.85. The van der Waals surface area contributed by atoms with Gasteiger partial charge in [0.15, 0.2) is 6.10 Å². The SMILES string of the molecule is CCOc1ccc(OC(C)C(=O)NNC(=O)Cc2ccc(C)cc2)cc1. The van der Waals surface area contributed by atoms with Gasteiger partial charge in [0.25, 0.3) is 5.91 Å². The predicted octanol–water partition coefficient (Wildman–Crippen LogP) is 2.55. The summed E-state index contributed by atoms with van der Waals surface area (Å²) in [6.07, 6.45) is -0.568. The van der Waals surface area contributed by atoms with Crippen molar-refractivity contribution in [2.45, 2.75) is 33.3 Å². The van der Waals surface area contributed by atoms with Gasteiger partial charge in [0, 0.05) is 0 Å². The van der Waals surface area contributed by atoms with Gasteiger partial charge in [0.1, 0.15) is 11.5 Å². The molecule has 2 N–H and O–H groups in total. The second-order valence-corrected chi connectivity index (χ2v) is 5.86. The molecular weight excluding hydrogens is 332 g/mol. The van der Waals surface area contributed by atoms with Crippen molar-refractivity contribution >= 4 is 11.8 Å². The van der Waals surface area contributed by atoms with Crippen LogP contribution in [0.25, 0.3) is 0 Å². The lowest BCUT2D eigenvalue weighted by atomic mass is 10.1. The number of ether oxygens (including phenoxy) is 2. The first-order valence-corrected chi connectivity index (χ1v) is 8.51. The molecule has 0 spiro atoms. The molecule has 0 saturated carbocycles. The molecule has 6 heteroatoms. The standard InChI is InChI=1S/C20H24N2O4/c1-4-25-17-9-11-18(12-10-17)26-15(3)20(24)22-21-19(23)13-16-7-5-14(2)6-8-16/h5-12,15H,4,13H2,1-3H3,(H,21,23)(H,22,24). The first kappa shape index (κ1) is 19.3. The van der Waals surface area contributed by atoms with Crippen molar-refractivity contribution in [3.8, 4) is 11.5 Å². The molecule has 6 nitrogen and oxygen atoms in total. The second-order valence-electron chi connectivity index (χ2n) is 5.86. The van der Waals surface area contributed by atoms with Gasteiger partial charge in [-0.15, -0.1) is 0 Å². The molecule has 0 heterocycles. The lowest BCUT2D eigenvalue weighted by Gasteiger charge is -2.15. The van der Waals surface area contributed by atoms with Crippen LogP contribution in [0.4, 0.5) is 0 Å². The Balaban J connectivity index is 1.77. The number of benzene rings is 2. The highest BCUT2D eigenvalue weighted by Crippen LogP contribution is 2.18. The van der Waals surface area contributed by atoms with Crippen LogP contribution < -0.4 is 20.3 Å². The number of aryl methyl sites for hydroxylation is 1. The van der Waals surface area contributed by atoms with Gasteiger partial charge < -0.3 is 9.47 Å². The third-order valence-electron chi connectivity index (χ3n) is 3.63. The fraction of sp³-hybridized carbons (Fsp3) is 0.300. The maximum Gasteiger partial charge on any atom is 0.279 e. The Bertz CT molecular complexity index is 726. The van der Waals surface area contributed by atoms with E-state index in [0.29, 0.717) is 12.4 Å². The highest BCUT2D eigenvalue weighted by atomic mass is 16.5. The third kappa shape index (κ3) is 6.12. The Hall–Kier alpha value is -3.02. The summed E-state index contributed by atoms with van der Waals surface area (Å²) in [4.78, 5) is 23.9. The van der Waals surface area contributed by atoms with Crippen LogP contribution in [0.1, 0.15) is 25.0 Å². The molecule has 2 rings (SSSR count). The number of carbonyl (C=O) groups excluding carboxylic acids is 2. The highest BCUT2D eigenvalue weighted by Gasteiger charge is 2.15. The largest absolute Gasteiger partial charge is 0.494 e. The summed E-state index contributed by atoms with van der Waals surface area (Å²) in [6, 6.07) is 14.6. The van der Waals surface area contributed by atoms with Crippen LogP contribution >= 0.6 is 0 Å². The molecule has 0 saturated heterocycles. The molecule has 2 aromatic rings. The van der Waals surface area contributed by atoms with Crippen LogP contribution in [-0.4, -0.2) is 24.5 Å². The summed E-state index contributed by atoms with van der Waals surface area (Å²) in [5.74, 6) is 0.550. The van der Waals surface area contributed by atoms with E-state index in [2.05, 4.69) is 10.9 Å². The number of hydrogen-bond acceptors (Lipinski definition) is 4. The minimum atomic E-state index is -0.757. The minimum Gasteiger partial charge on any atom is -0.494 e. The van der Waals surface area contributed by atoms with E-state index < -0.39 is 12.0 Å². The fourth-order valence-electron chi connectivity index (χ4n) is 2.21. The number of carbonyl (C=O) groups is 2. The Morgan fingerprint density at radius 1 is 0.962 bits per heavy atom. The van der Waals surface area contributed by atoms with Gasteiger partial charge in [-0.05, 0) is 50.6 Å². The van der Waals surface area contributed by atoms with Crippen molar-refractivity contribution in [1.82, 2.24) is 10.9 Å². The maximum atomic E-state index is 12.0. The van der Waals surface area contributed by atoms with E-state index in [1.54, 1.807) is 31.2 Å². The molecule has 0 aromatic heterocycles. The summed E-state index contributed by atoms with van der Waals surface area (Å²) in [5, 5.41) is 0. The summed E-state index contributed by atoms with van der Waals surface area (Å²) in [7, 11) is 0. The monoisotopic (exact) mass is 356 g/mol. The van der Waals surface area contributed by atoms with Gasteiger partial charge in [-0.1, -0.05) is 29.8 Å². The molecule has 1 unspecified atom stereocenters. The Morgan fingerprint density at radius 3 is 2.19 bits per heavy atom. The van der Waals surface area contributed by atoms with E-state index in [0.717, 1.165) is 16.9 Å². The lowest BCUT2D eigenvalue weighted by Crippen LogP contribution is -2.47. The molecule has 138 valence electrons. The molecule has 26 heavy (non-hydrogen) atoms. The zero-order valence-electron chi connectivity index (χ0n) is 15.2. The number of amides is 2. The number of hydrogen-bond donors (Lipinski definition) is 2. The van der Waals surface area contributed by atoms with Crippen molar-refractivity contribution < 1.29 is 19.1 Å². The van der Waals surface area contributed by atoms with Gasteiger partial charge >= 0.3 is 0 Å². The van der Waals surface area contributed by atoms with Gasteiger partial charge in [-0.3, -0.25) is 20.4 Å². The molecule has 1 atom stereocenters. The smallest absolute Gasteiger partial charge is 0.279 e. The van der Waals surface area contributed by atoms with Crippen molar-refractivity contribution in [2.24, 2.45) is 0 Å². The van der Waals surface area contributed by atoms with Gasteiger partial charge in [-0.2, -0.15) is 0 Å². The molecule has 0 fully saturated rings. The molecule has 0 bridgehead atoms. The van der Waals surface area contributed by atoms with Crippen LogP contribution in [0, 0.1) is 6.92 Å². The topological polar surface area (TPSA) is 76.7 Å². The first-order valence-electron chi connectivity index (χ1n) is 8.51. The van der Waals surface area contributed by atoms with E-state index in [4.69, 9.17) is 9.47 Å². The Morgan fingerprint density at radius 2 is 1.58 bits per heavy atom. The van der Waals surface area contributed by atoms with Crippen LogP contribution in [0.5, 0.6) is 11.5 Å². The Kier molecular flexibility index (Phi) is 7.02. The van der Waals surface area contributed by atoms with E-state index in [1.807, 2.05) is 38.1 Å². The first-order chi connectivity index (χ1) is 12.5. The van der Waals surface area contributed by atoms with E-state index in [9.17, 15) is 9.59 Å². The molecule has 0 radical (unpaired) electrons. The van der Waals surface area contributed by atoms with E-state index >= 15 is 0 Å². The van der Waals surface area contributed by atoms with Crippen LogP contribution in [0.3, 0.4) is 0 Å². The van der Waals surface area contributed by atoms with Gasteiger partial charge in [0.05, 0.1) is 13.0 Å². The van der Waals surface area contributed by atoms with Crippen LogP contribution in [0.2, 0.25) is 0 Å². The molecule has 2 amide bonds. The average Bonchev–Trinajstić information content (AvgIpc) is 2.63. The molecule has 0 aliphatic rings. The lowest BCUT2D eigenvalue weighted by molar-refractivity contribution is -0.132. The predicted molar refractivity (Wildman–Crippen MR) is 98.9 cm³/mol. The van der Waals surface area contributed by atoms with E-state index in [1.165, 1.54) is 0 Å². The molecule has 2 aromatic carbocycles. The van der Waals surface area contributed by atoms with Crippen molar-refractivity contribution in [1.29, 1.82) is 0 Å². The molecule has 0 aliphatic carbocycles.